The standard InChI is InChI=1S/C48H81NO14/c1-15-36-48(10,54)41(51)30(4)38(50)28(2)25-47(9,57-14)43(31(5)39(32(6)44(53)61-36)62-37-26-46(8,56-13)42(52)33(7)60-37)63-45-40(55-12)35(24-29(3)59-45)49(11)22-19-23-58-27-34-20-17-16-18-21-34/h16-18,20-21,28-33,35-37,39-43,45,51-52,54H,15,19,22-27H2,1-14H3/t28-,29-,30+,31+,32-,33+,35+,36-,37+,39+,40-,41-,42+,43-,45+,46-,47+,48-/m1/s1. The van der Waals surface area contributed by atoms with Crippen molar-refractivity contribution in [1.29, 1.82) is 0 Å². The molecular weight excluding hydrogens is 815 g/mol. The Balaban J connectivity index is 1.75. The van der Waals surface area contributed by atoms with E-state index in [1.54, 1.807) is 55.8 Å². The van der Waals surface area contributed by atoms with E-state index in [9.17, 15) is 24.9 Å². The van der Waals surface area contributed by atoms with Crippen LogP contribution in [0.5, 0.6) is 0 Å². The van der Waals surface area contributed by atoms with E-state index in [1.165, 1.54) is 14.0 Å². The summed E-state index contributed by atoms with van der Waals surface area (Å²) in [6.45, 7) is 19.3. The van der Waals surface area contributed by atoms with Crippen molar-refractivity contribution in [2.75, 3.05) is 41.5 Å². The Morgan fingerprint density at radius 1 is 0.841 bits per heavy atom. The van der Waals surface area contributed by atoms with E-state index >= 15 is 0 Å². The lowest BCUT2D eigenvalue weighted by atomic mass is 9.74. The van der Waals surface area contributed by atoms with Crippen molar-refractivity contribution >= 4 is 11.8 Å². The van der Waals surface area contributed by atoms with Crippen LogP contribution in [0.4, 0.5) is 0 Å². The summed E-state index contributed by atoms with van der Waals surface area (Å²) < 4.78 is 57.4. The van der Waals surface area contributed by atoms with Gasteiger partial charge in [0.05, 0.1) is 54.2 Å². The maximum atomic E-state index is 14.4. The van der Waals surface area contributed by atoms with Crippen LogP contribution in [0.2, 0.25) is 0 Å². The fraction of sp³-hybridized carbons (Fsp3) is 0.833. The molecule has 0 bridgehead atoms. The van der Waals surface area contributed by atoms with Gasteiger partial charge < -0.3 is 62.9 Å². The second kappa shape index (κ2) is 23.1. The minimum atomic E-state index is -1.97. The van der Waals surface area contributed by atoms with Gasteiger partial charge in [0.15, 0.2) is 12.6 Å². The minimum Gasteiger partial charge on any atom is -0.459 e. The highest BCUT2D eigenvalue weighted by Crippen LogP contribution is 2.42. The van der Waals surface area contributed by atoms with Gasteiger partial charge in [-0.2, -0.15) is 0 Å². The van der Waals surface area contributed by atoms with Crippen LogP contribution in [-0.4, -0.2) is 158 Å². The zero-order chi connectivity index (χ0) is 47.0. The smallest absolute Gasteiger partial charge is 0.311 e. The highest BCUT2D eigenvalue weighted by atomic mass is 16.7. The van der Waals surface area contributed by atoms with E-state index in [4.69, 9.17) is 42.6 Å². The molecule has 18 atom stereocenters. The number of likely N-dealkylation sites (N-methyl/N-ethyl adjacent to an activating group) is 1. The van der Waals surface area contributed by atoms with E-state index in [0.717, 1.165) is 18.5 Å². The van der Waals surface area contributed by atoms with Crippen molar-refractivity contribution < 1.29 is 67.5 Å². The van der Waals surface area contributed by atoms with Gasteiger partial charge in [-0.1, -0.05) is 58.0 Å². The largest absolute Gasteiger partial charge is 0.459 e. The number of hydrogen-bond donors (Lipinski definition) is 3. The molecule has 0 radical (unpaired) electrons. The SMILES string of the molecule is CC[C@H]1OC(=O)[C@H](C)[C@@H](O[C@H]2C[C@@](C)(OC)[C@@H](O)[C@H](C)O2)[C@H](C)[C@@H](O[C@@H]2O[C@H](C)C[C@H](N(C)CCCOCc3ccccc3)[C@H]2OC)[C@@](C)(OC)C[C@@H](C)C(=O)[C@H](C)[C@@H](O)[C@]1(C)O. The number of ether oxygens (including phenoxy) is 9. The predicted octanol–water partition coefficient (Wildman–Crippen LogP) is 5.07. The number of carbonyl (C=O) groups is 2. The Labute approximate surface area is 376 Å². The van der Waals surface area contributed by atoms with Crippen molar-refractivity contribution in [3.8, 4) is 0 Å². The van der Waals surface area contributed by atoms with E-state index in [0.29, 0.717) is 19.6 Å². The molecule has 15 heteroatoms. The number of carbonyl (C=O) groups excluding carboxylic acids is 2. The zero-order valence-electron chi connectivity index (χ0n) is 40.5. The fourth-order valence-corrected chi connectivity index (χ4v) is 10.1. The fourth-order valence-electron chi connectivity index (χ4n) is 10.1. The van der Waals surface area contributed by atoms with Crippen LogP contribution in [0, 0.1) is 23.7 Å². The highest BCUT2D eigenvalue weighted by Gasteiger charge is 2.54. The van der Waals surface area contributed by atoms with E-state index in [1.807, 2.05) is 51.1 Å². The summed E-state index contributed by atoms with van der Waals surface area (Å²) in [7, 11) is 6.77. The molecule has 1 aromatic carbocycles. The average molecular weight is 896 g/mol. The number of rotatable bonds is 15. The van der Waals surface area contributed by atoms with Crippen LogP contribution in [0.25, 0.3) is 0 Å². The van der Waals surface area contributed by atoms with Gasteiger partial charge in [-0.05, 0) is 79.8 Å². The molecule has 1 aromatic rings. The van der Waals surface area contributed by atoms with E-state index in [-0.39, 0.29) is 37.2 Å². The molecule has 362 valence electrons. The molecule has 0 aliphatic carbocycles. The van der Waals surface area contributed by atoms with Crippen molar-refractivity contribution in [1.82, 2.24) is 4.90 Å². The Hall–Kier alpha value is -2.12. The third-order valence-electron chi connectivity index (χ3n) is 14.3. The van der Waals surface area contributed by atoms with Crippen molar-refractivity contribution in [3.63, 3.8) is 0 Å². The lowest BCUT2D eigenvalue weighted by Gasteiger charge is -2.50. The average Bonchev–Trinajstić information content (AvgIpc) is 3.26. The topological polar surface area (TPSA) is 181 Å². The number of esters is 1. The molecule has 0 saturated carbocycles. The summed E-state index contributed by atoms with van der Waals surface area (Å²) in [6.07, 6.45) is -7.04. The predicted molar refractivity (Wildman–Crippen MR) is 235 cm³/mol. The van der Waals surface area contributed by atoms with Crippen molar-refractivity contribution in [2.24, 2.45) is 23.7 Å². The number of benzene rings is 1. The van der Waals surface area contributed by atoms with Gasteiger partial charge in [0, 0.05) is 64.7 Å². The molecule has 3 saturated heterocycles. The molecule has 0 aromatic heterocycles. The number of methoxy groups -OCH3 is 3. The normalized spacial score (nSPS) is 42.5. The molecule has 0 spiro atoms. The summed E-state index contributed by atoms with van der Waals surface area (Å²) in [5.74, 6) is -4.39. The molecule has 0 amide bonds. The maximum Gasteiger partial charge on any atom is 0.311 e. The highest BCUT2D eigenvalue weighted by molar-refractivity contribution is 5.83. The minimum absolute atomic E-state index is 0.113. The first-order chi connectivity index (χ1) is 29.6. The molecule has 0 unspecified atom stereocenters. The Kier molecular flexibility index (Phi) is 19.6. The van der Waals surface area contributed by atoms with Crippen LogP contribution in [0.15, 0.2) is 30.3 Å². The molecule has 4 rings (SSSR count). The van der Waals surface area contributed by atoms with Gasteiger partial charge in [-0.25, -0.2) is 0 Å². The monoisotopic (exact) mass is 896 g/mol. The number of Topliss-reactive ketones (excluding diaryl/α,β-unsaturated/α-hetero) is 1. The number of ketones is 1. The van der Waals surface area contributed by atoms with Gasteiger partial charge in [0.25, 0.3) is 0 Å². The Bertz CT molecular complexity index is 1570. The summed E-state index contributed by atoms with van der Waals surface area (Å²) in [4.78, 5) is 30.9. The van der Waals surface area contributed by atoms with Crippen molar-refractivity contribution in [2.45, 2.75) is 192 Å². The molecule has 63 heavy (non-hydrogen) atoms. The third-order valence-corrected chi connectivity index (χ3v) is 14.3. The number of hydrogen-bond acceptors (Lipinski definition) is 15. The second-order valence-corrected chi connectivity index (χ2v) is 19.2. The summed E-state index contributed by atoms with van der Waals surface area (Å²) in [6, 6.07) is 9.96. The molecule has 3 aliphatic rings. The maximum absolute atomic E-state index is 14.4. The number of cyclic esters (lactones) is 1. The van der Waals surface area contributed by atoms with Crippen LogP contribution < -0.4 is 0 Å². The first kappa shape index (κ1) is 53.5. The zero-order valence-corrected chi connectivity index (χ0v) is 40.5. The van der Waals surface area contributed by atoms with Gasteiger partial charge in [0.2, 0.25) is 0 Å². The summed E-state index contributed by atoms with van der Waals surface area (Å²) >= 11 is 0. The second-order valence-electron chi connectivity index (χ2n) is 19.2. The van der Waals surface area contributed by atoms with Gasteiger partial charge >= 0.3 is 5.97 Å². The van der Waals surface area contributed by atoms with Gasteiger partial charge in [-0.3, -0.25) is 9.59 Å². The first-order valence-corrected chi connectivity index (χ1v) is 23.0. The summed E-state index contributed by atoms with van der Waals surface area (Å²) in [5.41, 5.74) is -3.12. The van der Waals surface area contributed by atoms with Gasteiger partial charge in [0.1, 0.15) is 29.7 Å². The molecule has 3 fully saturated rings. The van der Waals surface area contributed by atoms with Crippen LogP contribution >= 0.6 is 0 Å². The first-order valence-electron chi connectivity index (χ1n) is 23.0. The van der Waals surface area contributed by atoms with E-state index in [2.05, 4.69) is 11.9 Å². The van der Waals surface area contributed by atoms with Crippen LogP contribution in [-0.2, 0) is 58.8 Å². The number of nitrogens with zero attached hydrogens (tertiary/aromatic N) is 1. The van der Waals surface area contributed by atoms with Crippen molar-refractivity contribution in [3.05, 3.63) is 35.9 Å². The quantitative estimate of drug-likeness (QED) is 0.157. The summed E-state index contributed by atoms with van der Waals surface area (Å²) in [5, 5.41) is 34.4. The molecule has 3 aliphatic heterocycles. The molecule has 3 N–H and O–H groups in total. The Morgan fingerprint density at radius 3 is 2.10 bits per heavy atom. The van der Waals surface area contributed by atoms with Crippen LogP contribution in [0.1, 0.15) is 107 Å². The Morgan fingerprint density at radius 2 is 1.49 bits per heavy atom. The molecule has 3 heterocycles. The number of aliphatic hydroxyl groups is 3. The third kappa shape index (κ3) is 12.7. The molecule has 15 nitrogen and oxygen atoms in total. The number of aliphatic hydroxyl groups excluding tert-OH is 2. The van der Waals surface area contributed by atoms with Crippen LogP contribution in [0.3, 0.4) is 0 Å². The lowest BCUT2D eigenvalue weighted by Crippen LogP contribution is -2.62. The van der Waals surface area contributed by atoms with E-state index < -0.39 is 102 Å². The lowest BCUT2D eigenvalue weighted by molar-refractivity contribution is -0.321. The van der Waals surface area contributed by atoms with Gasteiger partial charge in [-0.15, -0.1) is 0 Å². The molecular formula is C48H81NO14.